The standard InChI is InChI=1S/C18H22N2O3S2/c1-13-8-9-17(10-14(13)2)25(22,23)20(3)12-18(21)19-15-6-5-7-16(11-15)24-4/h5-11H,12H2,1-4H3,(H,19,21). The summed E-state index contributed by atoms with van der Waals surface area (Å²) in [5, 5.41) is 2.73. The highest BCUT2D eigenvalue weighted by Crippen LogP contribution is 2.20. The lowest BCUT2D eigenvalue weighted by Crippen LogP contribution is -2.35. The van der Waals surface area contributed by atoms with Crippen LogP contribution in [0.4, 0.5) is 5.69 Å². The van der Waals surface area contributed by atoms with Crippen molar-refractivity contribution in [2.75, 3.05) is 25.2 Å². The van der Waals surface area contributed by atoms with Gasteiger partial charge in [-0.2, -0.15) is 4.31 Å². The molecule has 0 unspecified atom stereocenters. The maximum atomic E-state index is 12.6. The molecule has 5 nitrogen and oxygen atoms in total. The molecule has 0 spiro atoms. The summed E-state index contributed by atoms with van der Waals surface area (Å²) in [6, 6.07) is 12.4. The van der Waals surface area contributed by atoms with E-state index in [0.29, 0.717) is 5.69 Å². The van der Waals surface area contributed by atoms with E-state index in [2.05, 4.69) is 5.32 Å². The predicted molar refractivity (Wildman–Crippen MR) is 103 cm³/mol. The number of sulfonamides is 1. The average Bonchev–Trinajstić information content (AvgIpc) is 2.57. The Morgan fingerprint density at radius 3 is 2.48 bits per heavy atom. The topological polar surface area (TPSA) is 66.5 Å². The molecule has 2 rings (SSSR count). The van der Waals surface area contributed by atoms with Crippen LogP contribution in [-0.4, -0.2) is 38.5 Å². The summed E-state index contributed by atoms with van der Waals surface area (Å²) in [5.41, 5.74) is 2.56. The summed E-state index contributed by atoms with van der Waals surface area (Å²) in [6.45, 7) is 3.53. The minimum Gasteiger partial charge on any atom is -0.325 e. The molecule has 0 bridgehead atoms. The molecule has 0 aliphatic rings. The zero-order chi connectivity index (χ0) is 18.6. The van der Waals surface area contributed by atoms with Crippen molar-refractivity contribution in [3.05, 3.63) is 53.6 Å². The third-order valence-electron chi connectivity index (χ3n) is 3.91. The molecule has 0 aromatic heterocycles. The first kappa shape index (κ1) is 19.5. The fraction of sp³-hybridized carbons (Fsp3) is 0.278. The Morgan fingerprint density at radius 1 is 1.12 bits per heavy atom. The van der Waals surface area contributed by atoms with Crippen LogP contribution in [0.15, 0.2) is 52.3 Å². The maximum Gasteiger partial charge on any atom is 0.243 e. The monoisotopic (exact) mass is 378 g/mol. The summed E-state index contributed by atoms with van der Waals surface area (Å²) < 4.78 is 26.3. The number of nitrogens with one attached hydrogen (secondary N) is 1. The molecule has 2 aromatic rings. The predicted octanol–water partition coefficient (Wildman–Crippen LogP) is 3.28. The van der Waals surface area contributed by atoms with Gasteiger partial charge in [-0.15, -0.1) is 11.8 Å². The summed E-state index contributed by atoms with van der Waals surface area (Å²) in [7, 11) is -2.30. The molecule has 0 heterocycles. The maximum absolute atomic E-state index is 12.6. The normalized spacial score (nSPS) is 11.6. The van der Waals surface area contributed by atoms with Crippen molar-refractivity contribution >= 4 is 33.4 Å². The Labute approximate surface area is 153 Å². The largest absolute Gasteiger partial charge is 0.325 e. The SMILES string of the molecule is CSc1cccc(NC(=O)CN(C)S(=O)(=O)c2ccc(C)c(C)c2)c1. The van der Waals surface area contributed by atoms with Gasteiger partial charge in [-0.05, 0) is 61.6 Å². The van der Waals surface area contributed by atoms with Crippen molar-refractivity contribution in [2.45, 2.75) is 23.6 Å². The van der Waals surface area contributed by atoms with Gasteiger partial charge in [0.15, 0.2) is 0 Å². The van der Waals surface area contributed by atoms with Crippen LogP contribution in [0.2, 0.25) is 0 Å². The fourth-order valence-corrected chi connectivity index (χ4v) is 3.92. The van der Waals surface area contributed by atoms with E-state index in [1.165, 1.54) is 7.05 Å². The van der Waals surface area contributed by atoms with Gasteiger partial charge >= 0.3 is 0 Å². The first-order chi connectivity index (χ1) is 11.7. The molecule has 0 fully saturated rings. The van der Waals surface area contributed by atoms with Crippen LogP contribution in [0.25, 0.3) is 0 Å². The van der Waals surface area contributed by atoms with E-state index in [1.54, 1.807) is 36.0 Å². The molecule has 7 heteroatoms. The Morgan fingerprint density at radius 2 is 1.84 bits per heavy atom. The molecule has 0 radical (unpaired) electrons. The quantitative estimate of drug-likeness (QED) is 0.784. The summed E-state index contributed by atoms with van der Waals surface area (Å²) in [6.07, 6.45) is 1.95. The van der Waals surface area contributed by atoms with Gasteiger partial charge < -0.3 is 5.32 Å². The van der Waals surface area contributed by atoms with Crippen molar-refractivity contribution in [2.24, 2.45) is 0 Å². The zero-order valence-electron chi connectivity index (χ0n) is 14.7. The molecular formula is C18H22N2O3S2. The second kappa shape index (κ2) is 8.03. The van der Waals surface area contributed by atoms with Crippen LogP contribution in [0.5, 0.6) is 0 Å². The summed E-state index contributed by atoms with van der Waals surface area (Å²) >= 11 is 1.57. The molecule has 134 valence electrons. The summed E-state index contributed by atoms with van der Waals surface area (Å²) in [4.78, 5) is 13.4. The molecule has 0 aliphatic heterocycles. The average molecular weight is 379 g/mol. The van der Waals surface area contributed by atoms with Crippen molar-refractivity contribution in [3.8, 4) is 0 Å². The lowest BCUT2D eigenvalue weighted by molar-refractivity contribution is -0.116. The molecular weight excluding hydrogens is 356 g/mol. The van der Waals surface area contributed by atoms with E-state index < -0.39 is 10.0 Å². The first-order valence-corrected chi connectivity index (χ1v) is 10.4. The van der Waals surface area contributed by atoms with E-state index in [0.717, 1.165) is 20.3 Å². The highest BCUT2D eigenvalue weighted by atomic mass is 32.2. The number of carbonyl (C=O) groups excluding carboxylic acids is 1. The fourth-order valence-electron chi connectivity index (χ4n) is 2.24. The van der Waals surface area contributed by atoms with E-state index >= 15 is 0 Å². The van der Waals surface area contributed by atoms with Crippen LogP contribution < -0.4 is 5.32 Å². The van der Waals surface area contributed by atoms with E-state index in [1.807, 2.05) is 38.3 Å². The Hall–Kier alpha value is -1.83. The minimum atomic E-state index is -3.71. The minimum absolute atomic E-state index is 0.190. The lowest BCUT2D eigenvalue weighted by atomic mass is 10.1. The number of hydrogen-bond donors (Lipinski definition) is 1. The number of hydrogen-bond acceptors (Lipinski definition) is 4. The number of likely N-dealkylation sites (N-methyl/N-ethyl adjacent to an activating group) is 1. The second-order valence-corrected chi connectivity index (χ2v) is 8.71. The van der Waals surface area contributed by atoms with Crippen molar-refractivity contribution in [1.29, 1.82) is 0 Å². The van der Waals surface area contributed by atoms with Gasteiger partial charge in [0.2, 0.25) is 15.9 Å². The molecule has 25 heavy (non-hydrogen) atoms. The molecule has 1 N–H and O–H groups in total. The Kier molecular flexibility index (Phi) is 6.26. The van der Waals surface area contributed by atoms with Gasteiger partial charge in [-0.1, -0.05) is 12.1 Å². The van der Waals surface area contributed by atoms with Crippen LogP contribution in [0.1, 0.15) is 11.1 Å². The molecule has 0 saturated heterocycles. The van der Waals surface area contributed by atoms with E-state index in [-0.39, 0.29) is 17.3 Å². The van der Waals surface area contributed by atoms with Crippen molar-refractivity contribution < 1.29 is 13.2 Å². The third-order valence-corrected chi connectivity index (χ3v) is 6.43. The van der Waals surface area contributed by atoms with Gasteiger partial charge in [-0.3, -0.25) is 4.79 Å². The number of thioether (sulfide) groups is 1. The lowest BCUT2D eigenvalue weighted by Gasteiger charge is -2.17. The van der Waals surface area contributed by atoms with E-state index in [4.69, 9.17) is 0 Å². The second-order valence-electron chi connectivity index (χ2n) is 5.79. The van der Waals surface area contributed by atoms with Crippen LogP contribution in [-0.2, 0) is 14.8 Å². The zero-order valence-corrected chi connectivity index (χ0v) is 16.4. The number of rotatable bonds is 6. The number of nitrogens with zero attached hydrogens (tertiary/aromatic N) is 1. The number of carbonyl (C=O) groups is 1. The first-order valence-electron chi connectivity index (χ1n) is 7.71. The van der Waals surface area contributed by atoms with Crippen molar-refractivity contribution in [3.63, 3.8) is 0 Å². The molecule has 0 saturated carbocycles. The van der Waals surface area contributed by atoms with Gasteiger partial charge in [0.25, 0.3) is 0 Å². The number of aryl methyl sites for hydroxylation is 2. The summed E-state index contributed by atoms with van der Waals surface area (Å²) in [5.74, 6) is -0.381. The smallest absolute Gasteiger partial charge is 0.243 e. The highest BCUT2D eigenvalue weighted by molar-refractivity contribution is 7.98. The molecule has 0 aliphatic carbocycles. The van der Waals surface area contributed by atoms with Crippen molar-refractivity contribution in [1.82, 2.24) is 4.31 Å². The number of benzene rings is 2. The molecule has 1 amide bonds. The number of amides is 1. The Bertz CT molecular complexity index is 880. The van der Waals surface area contributed by atoms with Crippen LogP contribution >= 0.6 is 11.8 Å². The van der Waals surface area contributed by atoms with E-state index in [9.17, 15) is 13.2 Å². The van der Waals surface area contributed by atoms with Gasteiger partial charge in [0, 0.05) is 17.6 Å². The molecule has 2 aromatic carbocycles. The van der Waals surface area contributed by atoms with Gasteiger partial charge in [0.1, 0.15) is 0 Å². The number of anilines is 1. The van der Waals surface area contributed by atoms with Gasteiger partial charge in [0.05, 0.1) is 11.4 Å². The Balaban J connectivity index is 2.10. The highest BCUT2D eigenvalue weighted by Gasteiger charge is 2.23. The van der Waals surface area contributed by atoms with Crippen LogP contribution in [0, 0.1) is 13.8 Å². The van der Waals surface area contributed by atoms with Gasteiger partial charge in [-0.25, -0.2) is 8.42 Å². The third kappa shape index (κ3) is 4.84. The van der Waals surface area contributed by atoms with Crippen LogP contribution in [0.3, 0.4) is 0 Å². The molecule has 0 atom stereocenters.